The van der Waals surface area contributed by atoms with Crippen molar-refractivity contribution in [2.24, 2.45) is 0 Å². The van der Waals surface area contributed by atoms with Crippen LogP contribution in [0.5, 0.6) is 5.75 Å². The summed E-state index contributed by atoms with van der Waals surface area (Å²) >= 11 is 1.12. The van der Waals surface area contributed by atoms with Crippen LogP contribution in [0.25, 0.3) is 10.4 Å². The highest BCUT2D eigenvalue weighted by molar-refractivity contribution is 7.19. The molecule has 3 N–H and O–H groups in total. The number of nitrogen functional groups attached to an aromatic ring is 1. The third-order valence-corrected chi connectivity index (χ3v) is 4.18. The number of carbonyl (C=O) groups is 1. The molecule has 2 rings (SSSR count). The number of ether oxygens (including phenoxy) is 1. The van der Waals surface area contributed by atoms with Gasteiger partial charge in [-0.1, -0.05) is 12.1 Å². The van der Waals surface area contributed by atoms with Gasteiger partial charge in [0, 0.05) is 10.4 Å². The second-order valence-electron chi connectivity index (χ2n) is 4.20. The fourth-order valence-corrected chi connectivity index (χ4v) is 3.17. The molecule has 0 amide bonds. The van der Waals surface area contributed by atoms with Crippen LogP contribution in [0.15, 0.2) is 18.2 Å². The molecule has 0 saturated heterocycles. The average molecular weight is 295 g/mol. The maximum Gasteiger partial charge on any atom is 0.191 e. The van der Waals surface area contributed by atoms with Crippen molar-refractivity contribution >= 4 is 22.1 Å². The van der Waals surface area contributed by atoms with Crippen LogP contribution < -0.4 is 10.5 Å². The molecule has 0 aliphatic rings. The number of thiophene rings is 1. The number of aliphatic hydroxyl groups excluding tert-OH is 1. The van der Waals surface area contributed by atoms with Gasteiger partial charge in [0.05, 0.1) is 17.7 Å². The highest BCUT2D eigenvalue weighted by atomic mass is 32.1. The summed E-state index contributed by atoms with van der Waals surface area (Å²) in [5.74, 6) is -0.836. The summed E-state index contributed by atoms with van der Waals surface area (Å²) in [7, 11) is 1.39. The van der Waals surface area contributed by atoms with E-state index in [0.717, 1.165) is 11.3 Å². The van der Waals surface area contributed by atoms with Crippen LogP contribution in [-0.2, 0) is 0 Å². The summed E-state index contributed by atoms with van der Waals surface area (Å²) in [6, 6.07) is 4.79. The first-order valence-corrected chi connectivity index (χ1v) is 6.68. The van der Waals surface area contributed by atoms with E-state index in [1.54, 1.807) is 19.1 Å². The Morgan fingerprint density at radius 1 is 1.50 bits per heavy atom. The van der Waals surface area contributed by atoms with E-state index >= 15 is 0 Å². The Bertz CT molecular complexity index is 667. The number of rotatable bonds is 4. The van der Waals surface area contributed by atoms with Gasteiger partial charge in [0.1, 0.15) is 6.61 Å². The molecular formula is C14H14FNO3S. The number of methoxy groups -OCH3 is 1. The number of ketones is 1. The molecule has 20 heavy (non-hydrogen) atoms. The smallest absolute Gasteiger partial charge is 0.191 e. The molecule has 1 heterocycles. The van der Waals surface area contributed by atoms with Crippen LogP contribution in [0.4, 0.5) is 9.39 Å². The molecule has 0 unspecified atom stereocenters. The summed E-state index contributed by atoms with van der Waals surface area (Å²) in [5, 5.41) is 9.24. The zero-order chi connectivity index (χ0) is 14.9. The Hall–Kier alpha value is -1.92. The maximum absolute atomic E-state index is 14.3. The van der Waals surface area contributed by atoms with Gasteiger partial charge in [0.2, 0.25) is 0 Å². The van der Waals surface area contributed by atoms with Crippen molar-refractivity contribution in [3.8, 4) is 16.2 Å². The number of benzene rings is 1. The molecule has 0 saturated carbocycles. The van der Waals surface area contributed by atoms with Crippen LogP contribution in [0, 0.1) is 12.7 Å². The van der Waals surface area contributed by atoms with Crippen LogP contribution >= 0.6 is 11.3 Å². The third kappa shape index (κ3) is 2.28. The zero-order valence-corrected chi connectivity index (χ0v) is 11.9. The average Bonchev–Trinajstić information content (AvgIpc) is 2.73. The molecule has 2 aromatic rings. The van der Waals surface area contributed by atoms with E-state index in [9.17, 15) is 9.18 Å². The van der Waals surface area contributed by atoms with Gasteiger partial charge in [0.25, 0.3) is 0 Å². The van der Waals surface area contributed by atoms with Gasteiger partial charge < -0.3 is 15.6 Å². The first kappa shape index (κ1) is 14.5. The topological polar surface area (TPSA) is 72.5 Å². The van der Waals surface area contributed by atoms with E-state index in [-0.39, 0.29) is 16.3 Å². The minimum absolute atomic E-state index is 0.129. The van der Waals surface area contributed by atoms with Crippen molar-refractivity contribution in [1.82, 2.24) is 0 Å². The Labute approximate surface area is 119 Å². The number of Topliss-reactive ketones (excluding diaryl/α,β-unsaturated/α-hetero) is 1. The molecule has 6 heteroatoms. The fraction of sp³-hybridized carbons (Fsp3) is 0.214. The van der Waals surface area contributed by atoms with Gasteiger partial charge in [0.15, 0.2) is 17.3 Å². The van der Waals surface area contributed by atoms with Gasteiger partial charge in [-0.05, 0) is 18.6 Å². The third-order valence-electron chi connectivity index (χ3n) is 3.02. The van der Waals surface area contributed by atoms with Gasteiger partial charge in [-0.3, -0.25) is 4.79 Å². The Morgan fingerprint density at radius 3 is 2.80 bits per heavy atom. The number of hydrogen-bond donors (Lipinski definition) is 2. The number of aliphatic hydroxyl groups is 1. The van der Waals surface area contributed by atoms with Gasteiger partial charge in [-0.2, -0.15) is 0 Å². The number of carbonyl (C=O) groups excluding carboxylic acids is 1. The molecule has 0 aliphatic heterocycles. The number of halogens is 1. The molecule has 1 aromatic carbocycles. The second-order valence-corrected chi connectivity index (χ2v) is 5.25. The number of anilines is 1. The first-order chi connectivity index (χ1) is 9.51. The molecule has 106 valence electrons. The zero-order valence-electron chi connectivity index (χ0n) is 11.1. The van der Waals surface area contributed by atoms with E-state index in [2.05, 4.69) is 0 Å². The summed E-state index contributed by atoms with van der Waals surface area (Å²) in [6.45, 7) is 1.06. The molecule has 0 bridgehead atoms. The van der Waals surface area contributed by atoms with E-state index in [0.29, 0.717) is 16.0 Å². The summed E-state index contributed by atoms with van der Waals surface area (Å²) in [6.07, 6.45) is 0. The van der Waals surface area contributed by atoms with Gasteiger partial charge >= 0.3 is 0 Å². The van der Waals surface area contributed by atoms with E-state index in [1.165, 1.54) is 13.2 Å². The van der Waals surface area contributed by atoms with Crippen molar-refractivity contribution < 1.29 is 19.0 Å². The van der Waals surface area contributed by atoms with Crippen LogP contribution in [0.1, 0.15) is 15.9 Å². The Morgan fingerprint density at radius 2 is 2.20 bits per heavy atom. The molecule has 0 radical (unpaired) electrons. The highest BCUT2D eigenvalue weighted by Crippen LogP contribution is 2.40. The standard InChI is InChI=1S/C14H14FNO3S/c1-7-11(9(18)6-17)14(16)20-13(7)8-4-3-5-10(19-2)12(8)15/h3-5,17H,6,16H2,1-2H3. The van der Waals surface area contributed by atoms with Crippen molar-refractivity contribution in [3.05, 3.63) is 35.1 Å². The number of nitrogens with two attached hydrogens (primary N) is 1. The number of hydrogen-bond acceptors (Lipinski definition) is 5. The second kappa shape index (κ2) is 5.60. The van der Waals surface area contributed by atoms with E-state index in [4.69, 9.17) is 15.6 Å². The predicted octanol–water partition coefficient (Wildman–Crippen LogP) is 2.63. The molecule has 0 atom stereocenters. The quantitative estimate of drug-likeness (QED) is 0.850. The van der Waals surface area contributed by atoms with Crippen LogP contribution in [0.3, 0.4) is 0 Å². The Balaban J connectivity index is 2.63. The molecule has 4 nitrogen and oxygen atoms in total. The molecule has 0 fully saturated rings. The summed E-state index contributed by atoms with van der Waals surface area (Å²) < 4.78 is 19.2. The van der Waals surface area contributed by atoms with Crippen molar-refractivity contribution in [2.75, 3.05) is 19.5 Å². The lowest BCUT2D eigenvalue weighted by Crippen LogP contribution is -2.07. The molecule has 0 aliphatic carbocycles. The van der Waals surface area contributed by atoms with Crippen LogP contribution in [-0.4, -0.2) is 24.6 Å². The molecule has 1 aromatic heterocycles. The summed E-state index contributed by atoms with van der Waals surface area (Å²) in [5.41, 5.74) is 6.97. The lowest BCUT2D eigenvalue weighted by Gasteiger charge is -2.07. The normalized spacial score (nSPS) is 10.6. The minimum Gasteiger partial charge on any atom is -0.494 e. The first-order valence-electron chi connectivity index (χ1n) is 5.87. The lowest BCUT2D eigenvalue weighted by molar-refractivity contribution is 0.0904. The van der Waals surface area contributed by atoms with Crippen LogP contribution in [0.2, 0.25) is 0 Å². The monoisotopic (exact) mass is 295 g/mol. The van der Waals surface area contributed by atoms with Crippen molar-refractivity contribution in [2.45, 2.75) is 6.92 Å². The minimum atomic E-state index is -0.623. The summed E-state index contributed by atoms with van der Waals surface area (Å²) in [4.78, 5) is 12.2. The van der Waals surface area contributed by atoms with Crippen molar-refractivity contribution in [1.29, 1.82) is 0 Å². The fourth-order valence-electron chi connectivity index (χ4n) is 2.06. The molecule has 0 spiro atoms. The van der Waals surface area contributed by atoms with E-state index in [1.807, 2.05) is 0 Å². The van der Waals surface area contributed by atoms with Crippen molar-refractivity contribution in [3.63, 3.8) is 0 Å². The lowest BCUT2D eigenvalue weighted by atomic mass is 10.0. The van der Waals surface area contributed by atoms with Gasteiger partial charge in [-0.15, -0.1) is 11.3 Å². The molecular weight excluding hydrogens is 281 g/mol. The Kier molecular flexibility index (Phi) is 4.06. The SMILES string of the molecule is COc1cccc(-c2sc(N)c(C(=O)CO)c2C)c1F. The van der Waals surface area contributed by atoms with Gasteiger partial charge in [-0.25, -0.2) is 4.39 Å². The maximum atomic E-state index is 14.3. The largest absolute Gasteiger partial charge is 0.494 e. The van der Waals surface area contributed by atoms with E-state index < -0.39 is 18.2 Å². The predicted molar refractivity (Wildman–Crippen MR) is 76.8 cm³/mol. The highest BCUT2D eigenvalue weighted by Gasteiger charge is 2.22.